The number of hydrogen-bond donors (Lipinski definition) is 1. The third kappa shape index (κ3) is 2.73. The van der Waals surface area contributed by atoms with Crippen LogP contribution in [0, 0.1) is 5.82 Å². The molecule has 0 aliphatic carbocycles. The van der Waals surface area contributed by atoms with Gasteiger partial charge in [-0.3, -0.25) is 0 Å². The Labute approximate surface area is 84.0 Å². The summed E-state index contributed by atoms with van der Waals surface area (Å²) < 4.78 is 13.0. The van der Waals surface area contributed by atoms with E-state index < -0.39 is 0 Å². The molecule has 1 rings (SSSR count). The van der Waals surface area contributed by atoms with Gasteiger partial charge in [0, 0.05) is 17.1 Å². The minimum Gasteiger partial charge on any atom is -0.303 e. The summed E-state index contributed by atoms with van der Waals surface area (Å²) in [6.45, 7) is 0.484. The largest absolute Gasteiger partial charge is 0.303 e. The van der Waals surface area contributed by atoms with Crippen LogP contribution in [-0.4, -0.2) is 5.45 Å². The fourth-order valence-corrected chi connectivity index (χ4v) is 1.25. The molecule has 0 unspecified atom stereocenters. The van der Waals surface area contributed by atoms with E-state index in [0.29, 0.717) is 22.6 Å². The normalized spacial score (nSPS) is 10.2. The lowest BCUT2D eigenvalue weighted by atomic mass is 10.2. The molecule has 1 aromatic carbocycles. The summed E-state index contributed by atoms with van der Waals surface area (Å²) >= 11 is 8.87. The molecule has 0 aliphatic rings. The fourth-order valence-electron chi connectivity index (χ4n) is 0.861. The van der Waals surface area contributed by atoms with Crippen LogP contribution in [-0.2, 0) is 6.54 Å². The van der Waals surface area contributed by atoms with Gasteiger partial charge in [-0.2, -0.15) is 0 Å². The van der Waals surface area contributed by atoms with E-state index in [2.05, 4.69) is 21.2 Å². The lowest BCUT2D eigenvalue weighted by Crippen LogP contribution is -2.11. The van der Waals surface area contributed by atoms with Gasteiger partial charge in [-0.25, -0.2) is 4.39 Å². The highest BCUT2D eigenvalue weighted by Crippen LogP contribution is 2.14. The van der Waals surface area contributed by atoms with Crippen molar-refractivity contribution in [1.82, 2.24) is 5.32 Å². The zero-order valence-corrected chi connectivity index (χ0v) is 8.62. The van der Waals surface area contributed by atoms with Gasteiger partial charge in [-0.1, -0.05) is 27.5 Å². The zero-order chi connectivity index (χ0) is 8.97. The molecule has 66 valence electrons. The highest BCUT2D eigenvalue weighted by atomic mass is 79.9. The molecule has 0 fully saturated rings. The molecule has 0 saturated heterocycles. The Morgan fingerprint density at radius 1 is 1.50 bits per heavy atom. The lowest BCUT2D eigenvalue weighted by Gasteiger charge is -2.02. The molecule has 0 saturated carbocycles. The highest BCUT2D eigenvalue weighted by molar-refractivity contribution is 9.09. The minimum atomic E-state index is -0.229. The van der Waals surface area contributed by atoms with Crippen LogP contribution >= 0.6 is 27.5 Å². The van der Waals surface area contributed by atoms with Crippen molar-refractivity contribution in [2.75, 3.05) is 5.45 Å². The molecule has 0 aliphatic heterocycles. The molecule has 12 heavy (non-hydrogen) atoms. The summed E-state index contributed by atoms with van der Waals surface area (Å²) in [5.74, 6) is -0.229. The number of nitrogens with one attached hydrogen (secondary N) is 1. The zero-order valence-electron chi connectivity index (χ0n) is 6.28. The summed E-state index contributed by atoms with van der Waals surface area (Å²) in [5, 5.41) is 3.51. The third-order valence-electron chi connectivity index (χ3n) is 1.42. The Morgan fingerprint density at radius 2 is 2.25 bits per heavy atom. The summed E-state index contributed by atoms with van der Waals surface area (Å²) in [7, 11) is 0. The summed E-state index contributed by atoms with van der Waals surface area (Å²) in [4.78, 5) is 0. The summed E-state index contributed by atoms with van der Waals surface area (Å²) in [5.41, 5.74) is 1.22. The first-order chi connectivity index (χ1) is 5.74. The second-order valence-corrected chi connectivity index (χ2v) is 3.29. The standard InChI is InChI=1S/C8H8BrClFN/c9-5-12-4-6-3-7(10)1-2-8(6)11/h1-3,12H,4-5H2. The molecule has 1 aromatic rings. The SMILES string of the molecule is Fc1ccc(Cl)cc1CNCBr. The van der Waals surface area contributed by atoms with Crippen molar-refractivity contribution in [3.63, 3.8) is 0 Å². The van der Waals surface area contributed by atoms with Gasteiger partial charge in [0.15, 0.2) is 0 Å². The van der Waals surface area contributed by atoms with Gasteiger partial charge in [-0.15, -0.1) is 0 Å². The maximum atomic E-state index is 13.0. The smallest absolute Gasteiger partial charge is 0.127 e. The van der Waals surface area contributed by atoms with Crippen molar-refractivity contribution < 1.29 is 4.39 Å². The molecule has 0 atom stereocenters. The summed E-state index contributed by atoms with van der Waals surface area (Å²) in [6, 6.07) is 4.52. The lowest BCUT2D eigenvalue weighted by molar-refractivity contribution is 0.600. The monoisotopic (exact) mass is 251 g/mol. The number of benzene rings is 1. The van der Waals surface area contributed by atoms with Gasteiger partial charge < -0.3 is 5.32 Å². The van der Waals surface area contributed by atoms with Crippen molar-refractivity contribution >= 4 is 27.5 Å². The molecule has 0 spiro atoms. The predicted molar refractivity (Wildman–Crippen MR) is 52.0 cm³/mol. The molecule has 0 amide bonds. The molecule has 1 N–H and O–H groups in total. The highest BCUT2D eigenvalue weighted by Gasteiger charge is 2.01. The Hall–Kier alpha value is -0.120. The van der Waals surface area contributed by atoms with Gasteiger partial charge in [0.2, 0.25) is 0 Å². The summed E-state index contributed by atoms with van der Waals surface area (Å²) in [6.07, 6.45) is 0. The fraction of sp³-hybridized carbons (Fsp3) is 0.250. The molecule has 0 heterocycles. The van der Waals surface area contributed by atoms with Crippen molar-refractivity contribution in [3.8, 4) is 0 Å². The Kier molecular flexibility index (Phi) is 3.98. The van der Waals surface area contributed by atoms with Crippen LogP contribution in [0.1, 0.15) is 5.56 Å². The van der Waals surface area contributed by atoms with Crippen LogP contribution in [0.5, 0.6) is 0 Å². The molecule has 0 radical (unpaired) electrons. The number of rotatable bonds is 3. The average molecular weight is 253 g/mol. The van der Waals surface area contributed by atoms with Gasteiger partial charge in [0.05, 0.1) is 5.45 Å². The predicted octanol–water partition coefficient (Wildman–Crippen LogP) is 2.92. The van der Waals surface area contributed by atoms with Crippen molar-refractivity contribution in [2.24, 2.45) is 0 Å². The number of alkyl halides is 1. The van der Waals surface area contributed by atoms with Crippen molar-refractivity contribution in [1.29, 1.82) is 0 Å². The van der Waals surface area contributed by atoms with E-state index in [4.69, 9.17) is 11.6 Å². The van der Waals surface area contributed by atoms with E-state index in [1.807, 2.05) is 0 Å². The maximum absolute atomic E-state index is 13.0. The first kappa shape index (κ1) is 9.96. The van der Waals surface area contributed by atoms with E-state index in [-0.39, 0.29) is 5.82 Å². The second kappa shape index (κ2) is 4.80. The average Bonchev–Trinajstić information content (AvgIpc) is 2.07. The molecular weight excluding hydrogens is 244 g/mol. The van der Waals surface area contributed by atoms with E-state index in [0.717, 1.165) is 0 Å². The van der Waals surface area contributed by atoms with Crippen molar-refractivity contribution in [3.05, 3.63) is 34.6 Å². The van der Waals surface area contributed by atoms with Crippen LogP contribution in [0.2, 0.25) is 5.02 Å². The van der Waals surface area contributed by atoms with E-state index in [1.165, 1.54) is 12.1 Å². The van der Waals surface area contributed by atoms with Crippen LogP contribution in [0.15, 0.2) is 18.2 Å². The van der Waals surface area contributed by atoms with Crippen LogP contribution in [0.25, 0.3) is 0 Å². The van der Waals surface area contributed by atoms with E-state index in [9.17, 15) is 4.39 Å². The third-order valence-corrected chi connectivity index (χ3v) is 2.05. The first-order valence-electron chi connectivity index (χ1n) is 3.44. The van der Waals surface area contributed by atoms with Crippen molar-refractivity contribution in [2.45, 2.75) is 6.54 Å². The molecular formula is C8H8BrClFN. The molecule has 4 heteroatoms. The maximum Gasteiger partial charge on any atom is 0.127 e. The quantitative estimate of drug-likeness (QED) is 0.644. The molecule has 0 aromatic heterocycles. The Morgan fingerprint density at radius 3 is 2.92 bits per heavy atom. The van der Waals surface area contributed by atoms with Gasteiger partial charge in [-0.05, 0) is 18.2 Å². The van der Waals surface area contributed by atoms with Crippen LogP contribution in [0.3, 0.4) is 0 Å². The van der Waals surface area contributed by atoms with Gasteiger partial charge >= 0.3 is 0 Å². The Balaban J connectivity index is 2.75. The number of hydrogen-bond acceptors (Lipinski definition) is 1. The molecule has 1 nitrogen and oxygen atoms in total. The Bertz CT molecular complexity index is 267. The number of halogens is 3. The van der Waals surface area contributed by atoms with Crippen LogP contribution in [0.4, 0.5) is 4.39 Å². The van der Waals surface area contributed by atoms with E-state index in [1.54, 1.807) is 6.07 Å². The molecule has 0 bridgehead atoms. The van der Waals surface area contributed by atoms with Crippen LogP contribution < -0.4 is 5.32 Å². The topological polar surface area (TPSA) is 12.0 Å². The second-order valence-electron chi connectivity index (χ2n) is 2.30. The van der Waals surface area contributed by atoms with E-state index >= 15 is 0 Å². The van der Waals surface area contributed by atoms with Gasteiger partial charge in [0.1, 0.15) is 5.82 Å². The first-order valence-corrected chi connectivity index (χ1v) is 4.94. The minimum absolute atomic E-state index is 0.229. The van der Waals surface area contributed by atoms with Gasteiger partial charge in [0.25, 0.3) is 0 Å².